The SMILES string of the molecule is COc1cc2c(cc1OCCCCCOc1cc3c(cc1OC)C(=O)N1C=C(c4ccc(O)cc4)C[C@H]1C=N3)N=C[C@@H]1CC(c3ccc(C)cc3)=CN1C2=O. The second kappa shape index (κ2) is 15.2. The molecule has 11 heteroatoms. The molecule has 0 bridgehead atoms. The Hall–Kier alpha value is -6.36. The normalized spacial score (nSPS) is 18.1. The van der Waals surface area contributed by atoms with E-state index in [1.807, 2.05) is 30.7 Å². The van der Waals surface area contributed by atoms with E-state index in [1.54, 1.807) is 66.6 Å². The van der Waals surface area contributed by atoms with Crippen molar-refractivity contribution in [2.24, 2.45) is 9.98 Å². The van der Waals surface area contributed by atoms with Gasteiger partial charge in [-0.2, -0.15) is 0 Å². The van der Waals surface area contributed by atoms with Crippen LogP contribution in [0.3, 0.4) is 0 Å². The Balaban J connectivity index is 0.851. The molecule has 2 atom stereocenters. The standard InChI is InChI=1S/C44H42N4O7/c1-27-7-9-28(10-8-27)30-17-32-23-45-37-21-41(39(52-2)19-35(37)43(50)47(32)25-30)54-15-5-4-6-16-55-42-22-38-36(20-40(42)53-3)44(51)48-26-31(18-33(48)24-46-38)29-11-13-34(49)14-12-29/h7-14,19-26,32-33,49H,4-6,15-18H2,1-3H3/t32-,33-/m0/s1. The Labute approximate surface area is 319 Å². The summed E-state index contributed by atoms with van der Waals surface area (Å²) in [6.07, 6.45) is 11.1. The quantitative estimate of drug-likeness (QED) is 0.145. The van der Waals surface area contributed by atoms with Crippen LogP contribution in [-0.2, 0) is 0 Å². The van der Waals surface area contributed by atoms with Gasteiger partial charge in [-0.3, -0.25) is 19.6 Å². The van der Waals surface area contributed by atoms with Crippen molar-refractivity contribution in [3.05, 3.63) is 113 Å². The zero-order chi connectivity index (χ0) is 38.1. The molecule has 4 aromatic rings. The number of nitrogens with zero attached hydrogens (tertiary/aromatic N) is 4. The highest BCUT2D eigenvalue weighted by Crippen LogP contribution is 2.42. The molecular weight excluding hydrogens is 697 g/mol. The molecule has 280 valence electrons. The van der Waals surface area contributed by atoms with Gasteiger partial charge in [0.25, 0.3) is 11.8 Å². The minimum Gasteiger partial charge on any atom is -0.508 e. The summed E-state index contributed by atoms with van der Waals surface area (Å²) in [6, 6.07) is 21.9. The Morgan fingerprint density at radius 3 is 1.55 bits per heavy atom. The maximum absolute atomic E-state index is 13.7. The minimum atomic E-state index is -0.212. The number of amides is 2. The first kappa shape index (κ1) is 35.7. The van der Waals surface area contributed by atoms with Crippen LogP contribution in [-0.4, -0.2) is 78.7 Å². The molecule has 0 saturated heterocycles. The zero-order valence-corrected chi connectivity index (χ0v) is 31.0. The largest absolute Gasteiger partial charge is 0.508 e. The molecule has 4 heterocycles. The van der Waals surface area contributed by atoms with E-state index in [0.29, 0.717) is 71.6 Å². The first-order valence-electron chi connectivity index (χ1n) is 18.5. The Bertz CT molecular complexity index is 2100. The fourth-order valence-corrected chi connectivity index (χ4v) is 7.33. The number of benzene rings is 4. The van der Waals surface area contributed by atoms with Crippen molar-refractivity contribution in [1.82, 2.24) is 9.80 Å². The van der Waals surface area contributed by atoms with Gasteiger partial charge in [0.1, 0.15) is 5.75 Å². The fraction of sp³-hybridized carbons (Fsp3) is 0.273. The number of fused-ring (bicyclic) bond motifs is 4. The molecule has 0 saturated carbocycles. The monoisotopic (exact) mass is 738 g/mol. The second-order valence-electron chi connectivity index (χ2n) is 14.0. The molecule has 11 nitrogen and oxygen atoms in total. The van der Waals surface area contributed by atoms with E-state index >= 15 is 0 Å². The molecule has 0 aliphatic carbocycles. The van der Waals surface area contributed by atoms with Crippen molar-refractivity contribution in [2.45, 2.75) is 51.1 Å². The third-order valence-corrected chi connectivity index (χ3v) is 10.4. The summed E-state index contributed by atoms with van der Waals surface area (Å²) in [6.45, 7) is 2.95. The fourth-order valence-electron chi connectivity index (χ4n) is 7.33. The minimum absolute atomic E-state index is 0.118. The van der Waals surface area contributed by atoms with Crippen molar-refractivity contribution in [3.8, 4) is 28.7 Å². The third-order valence-electron chi connectivity index (χ3n) is 10.4. The van der Waals surface area contributed by atoms with Crippen LogP contribution in [0.5, 0.6) is 28.7 Å². The van der Waals surface area contributed by atoms with Gasteiger partial charge >= 0.3 is 0 Å². The number of ether oxygens (including phenoxy) is 4. The first-order chi connectivity index (χ1) is 26.8. The van der Waals surface area contributed by atoms with Crippen LogP contribution in [0.15, 0.2) is 95.2 Å². The molecule has 0 fully saturated rings. The zero-order valence-electron chi connectivity index (χ0n) is 31.0. The molecule has 0 spiro atoms. The first-order valence-corrected chi connectivity index (χ1v) is 18.5. The molecule has 0 radical (unpaired) electrons. The molecule has 8 rings (SSSR count). The van der Waals surface area contributed by atoms with Gasteiger partial charge in [-0.05, 0) is 72.7 Å². The Morgan fingerprint density at radius 1 is 0.636 bits per heavy atom. The predicted molar refractivity (Wildman–Crippen MR) is 212 cm³/mol. The lowest BCUT2D eigenvalue weighted by Gasteiger charge is -2.19. The highest BCUT2D eigenvalue weighted by Gasteiger charge is 2.35. The summed E-state index contributed by atoms with van der Waals surface area (Å²) in [5, 5.41) is 9.67. The number of hydrogen-bond acceptors (Lipinski definition) is 9. The maximum atomic E-state index is 13.7. The van der Waals surface area contributed by atoms with Crippen LogP contribution in [0, 0.1) is 6.92 Å². The Morgan fingerprint density at radius 2 is 1.09 bits per heavy atom. The number of phenolic OH excluding ortho intramolecular Hbond substituents is 1. The van der Waals surface area contributed by atoms with E-state index in [4.69, 9.17) is 23.9 Å². The number of carbonyl (C=O) groups is 2. The van der Waals surface area contributed by atoms with Gasteiger partial charge < -0.3 is 33.9 Å². The van der Waals surface area contributed by atoms with Crippen LogP contribution in [0.1, 0.15) is 69.5 Å². The lowest BCUT2D eigenvalue weighted by atomic mass is 10.0. The smallest absolute Gasteiger partial charge is 0.260 e. The molecule has 4 aliphatic rings. The van der Waals surface area contributed by atoms with Crippen molar-refractivity contribution < 1.29 is 33.6 Å². The van der Waals surface area contributed by atoms with Crippen LogP contribution in [0.2, 0.25) is 0 Å². The molecule has 0 unspecified atom stereocenters. The van der Waals surface area contributed by atoms with Gasteiger partial charge in [0.2, 0.25) is 0 Å². The number of aromatic hydroxyl groups is 1. The predicted octanol–water partition coefficient (Wildman–Crippen LogP) is 8.29. The maximum Gasteiger partial charge on any atom is 0.260 e. The average molecular weight is 739 g/mol. The number of carbonyl (C=O) groups excluding carboxylic acids is 2. The van der Waals surface area contributed by atoms with Crippen molar-refractivity contribution in [2.75, 3.05) is 27.4 Å². The van der Waals surface area contributed by atoms with E-state index in [9.17, 15) is 14.7 Å². The van der Waals surface area contributed by atoms with Gasteiger partial charge in [0, 0.05) is 49.8 Å². The number of phenols is 1. The Kier molecular flexibility index (Phi) is 9.84. The third kappa shape index (κ3) is 7.17. The van der Waals surface area contributed by atoms with Gasteiger partial charge in [0.05, 0.1) is 62.0 Å². The van der Waals surface area contributed by atoms with E-state index in [2.05, 4.69) is 36.2 Å². The summed E-state index contributed by atoms with van der Waals surface area (Å²) in [4.78, 5) is 40.2. The summed E-state index contributed by atoms with van der Waals surface area (Å²) in [5.74, 6) is 1.93. The summed E-state index contributed by atoms with van der Waals surface area (Å²) < 4.78 is 23.5. The lowest BCUT2D eigenvalue weighted by Crippen LogP contribution is -2.32. The number of methoxy groups -OCH3 is 2. The van der Waals surface area contributed by atoms with Crippen molar-refractivity contribution in [3.63, 3.8) is 0 Å². The number of rotatable bonds is 12. The summed E-state index contributed by atoms with van der Waals surface area (Å²) in [7, 11) is 3.12. The molecular formula is C44H42N4O7. The molecule has 55 heavy (non-hydrogen) atoms. The molecule has 4 aliphatic heterocycles. The lowest BCUT2D eigenvalue weighted by molar-refractivity contribution is 0.0809. The van der Waals surface area contributed by atoms with Crippen LogP contribution in [0.4, 0.5) is 11.4 Å². The summed E-state index contributed by atoms with van der Waals surface area (Å²) in [5.41, 5.74) is 7.37. The average Bonchev–Trinajstić information content (AvgIpc) is 3.78. The van der Waals surface area contributed by atoms with E-state index < -0.39 is 0 Å². The van der Waals surface area contributed by atoms with E-state index in [0.717, 1.165) is 41.5 Å². The van der Waals surface area contributed by atoms with Crippen LogP contribution >= 0.6 is 0 Å². The van der Waals surface area contributed by atoms with Crippen molar-refractivity contribution in [1.29, 1.82) is 0 Å². The van der Waals surface area contributed by atoms with Gasteiger partial charge in [-0.15, -0.1) is 0 Å². The second-order valence-corrected chi connectivity index (χ2v) is 14.0. The van der Waals surface area contributed by atoms with E-state index in [-0.39, 0.29) is 29.6 Å². The number of hydrogen-bond donors (Lipinski definition) is 1. The molecule has 2 amide bonds. The number of unbranched alkanes of at least 4 members (excludes halogenated alkanes) is 2. The van der Waals surface area contributed by atoms with Crippen molar-refractivity contribution >= 4 is 46.8 Å². The van der Waals surface area contributed by atoms with Gasteiger partial charge in [0.15, 0.2) is 23.0 Å². The topological polar surface area (TPSA) is 122 Å². The van der Waals surface area contributed by atoms with Gasteiger partial charge in [-0.1, -0.05) is 42.0 Å². The van der Waals surface area contributed by atoms with Crippen LogP contribution in [0.25, 0.3) is 11.1 Å². The number of aliphatic imine (C=N–C) groups is 2. The molecule has 1 N–H and O–H groups in total. The number of aryl methyl sites for hydroxylation is 1. The summed E-state index contributed by atoms with van der Waals surface area (Å²) >= 11 is 0. The highest BCUT2D eigenvalue weighted by molar-refractivity contribution is 6.06. The van der Waals surface area contributed by atoms with Gasteiger partial charge in [-0.25, -0.2) is 0 Å². The molecule has 4 aromatic carbocycles. The van der Waals surface area contributed by atoms with Crippen LogP contribution < -0.4 is 18.9 Å². The van der Waals surface area contributed by atoms with E-state index in [1.165, 1.54) is 5.56 Å². The highest BCUT2D eigenvalue weighted by atomic mass is 16.5. The molecule has 0 aromatic heterocycles.